The molecule has 0 amide bonds. The lowest BCUT2D eigenvalue weighted by Gasteiger charge is -2.18. The van der Waals surface area contributed by atoms with Crippen molar-refractivity contribution in [2.24, 2.45) is 5.92 Å². The van der Waals surface area contributed by atoms with E-state index in [2.05, 4.69) is 11.8 Å². The van der Waals surface area contributed by atoms with E-state index in [1.165, 1.54) is 0 Å². The zero-order chi connectivity index (χ0) is 9.56. The van der Waals surface area contributed by atoms with Gasteiger partial charge in [-0.25, -0.2) is 0 Å². The van der Waals surface area contributed by atoms with Crippen LogP contribution in [-0.4, -0.2) is 36.1 Å². The first-order chi connectivity index (χ1) is 5.57. The van der Waals surface area contributed by atoms with Crippen molar-refractivity contribution in [1.82, 2.24) is 4.90 Å². The highest BCUT2D eigenvalue weighted by molar-refractivity contribution is 5.69. The zero-order valence-electron chi connectivity index (χ0n) is 8.21. The molecule has 0 aliphatic rings. The molecule has 3 heteroatoms. The third-order valence-electron chi connectivity index (χ3n) is 1.90. The first kappa shape index (κ1) is 11.4. The van der Waals surface area contributed by atoms with Crippen molar-refractivity contribution < 1.29 is 9.90 Å². The van der Waals surface area contributed by atoms with Gasteiger partial charge in [0.25, 0.3) is 0 Å². The number of hydrogen-bond donors (Lipinski definition) is 1. The van der Waals surface area contributed by atoms with Crippen LogP contribution in [0.15, 0.2) is 0 Å². The van der Waals surface area contributed by atoms with Crippen molar-refractivity contribution >= 4 is 5.97 Å². The molecule has 0 rings (SSSR count). The molecule has 0 fully saturated rings. The Hall–Kier alpha value is -0.570. The lowest BCUT2D eigenvalue weighted by molar-refractivity contribution is -0.141. The molecule has 0 saturated carbocycles. The Morgan fingerprint density at radius 3 is 2.58 bits per heavy atom. The number of carbonyl (C=O) groups is 1. The third kappa shape index (κ3) is 5.13. The summed E-state index contributed by atoms with van der Waals surface area (Å²) in [5.74, 6) is -0.967. The van der Waals surface area contributed by atoms with Crippen molar-refractivity contribution in [1.29, 1.82) is 0 Å². The molecular formula is C9H19NO2. The fraction of sp³-hybridized carbons (Fsp3) is 0.889. The highest BCUT2D eigenvalue weighted by atomic mass is 16.4. The Morgan fingerprint density at radius 2 is 2.17 bits per heavy atom. The molecule has 0 spiro atoms. The summed E-state index contributed by atoms with van der Waals surface area (Å²) in [6, 6.07) is 0. The molecule has 0 aromatic rings. The minimum atomic E-state index is -0.710. The standard InChI is InChI=1S/C9H19NO2/c1-4-5-6-10(3)7-8(2)9(11)12/h8H,4-7H2,1-3H3,(H,11,12). The lowest BCUT2D eigenvalue weighted by atomic mass is 10.1. The van der Waals surface area contributed by atoms with Crippen molar-refractivity contribution in [2.75, 3.05) is 20.1 Å². The summed E-state index contributed by atoms with van der Waals surface area (Å²) >= 11 is 0. The fourth-order valence-electron chi connectivity index (χ4n) is 1.06. The van der Waals surface area contributed by atoms with Crippen LogP contribution >= 0.6 is 0 Å². The van der Waals surface area contributed by atoms with E-state index in [0.29, 0.717) is 6.54 Å². The zero-order valence-corrected chi connectivity index (χ0v) is 8.21. The van der Waals surface area contributed by atoms with Gasteiger partial charge in [0.1, 0.15) is 0 Å². The molecule has 1 unspecified atom stereocenters. The number of unbranched alkanes of at least 4 members (excludes halogenated alkanes) is 1. The van der Waals surface area contributed by atoms with Crippen molar-refractivity contribution in [2.45, 2.75) is 26.7 Å². The summed E-state index contributed by atoms with van der Waals surface area (Å²) in [6.07, 6.45) is 2.30. The van der Waals surface area contributed by atoms with Gasteiger partial charge >= 0.3 is 5.97 Å². The molecule has 0 aliphatic carbocycles. The number of hydrogen-bond acceptors (Lipinski definition) is 2. The summed E-state index contributed by atoms with van der Waals surface area (Å²) in [5.41, 5.74) is 0. The van der Waals surface area contributed by atoms with E-state index in [4.69, 9.17) is 5.11 Å². The second kappa shape index (κ2) is 6.00. The van der Waals surface area contributed by atoms with Crippen LogP contribution in [-0.2, 0) is 4.79 Å². The van der Waals surface area contributed by atoms with Crippen LogP contribution < -0.4 is 0 Å². The van der Waals surface area contributed by atoms with E-state index in [1.807, 2.05) is 7.05 Å². The molecule has 0 saturated heterocycles. The summed E-state index contributed by atoms with van der Waals surface area (Å²) < 4.78 is 0. The van der Waals surface area contributed by atoms with E-state index in [-0.39, 0.29) is 5.92 Å². The second-order valence-corrected chi connectivity index (χ2v) is 3.36. The van der Waals surface area contributed by atoms with E-state index in [1.54, 1.807) is 6.92 Å². The molecule has 12 heavy (non-hydrogen) atoms. The Balaban J connectivity index is 3.53. The molecule has 0 radical (unpaired) electrons. The topological polar surface area (TPSA) is 40.5 Å². The average Bonchev–Trinajstić information content (AvgIpc) is 2.00. The molecular weight excluding hydrogens is 154 g/mol. The van der Waals surface area contributed by atoms with Gasteiger partial charge in [-0.2, -0.15) is 0 Å². The van der Waals surface area contributed by atoms with Gasteiger partial charge in [-0.15, -0.1) is 0 Å². The van der Waals surface area contributed by atoms with E-state index < -0.39 is 5.97 Å². The molecule has 0 aromatic heterocycles. The average molecular weight is 173 g/mol. The van der Waals surface area contributed by atoms with Gasteiger partial charge in [0.05, 0.1) is 5.92 Å². The van der Waals surface area contributed by atoms with E-state index in [0.717, 1.165) is 19.4 Å². The first-order valence-corrected chi connectivity index (χ1v) is 4.49. The molecule has 1 N–H and O–H groups in total. The van der Waals surface area contributed by atoms with Crippen LogP contribution in [0.5, 0.6) is 0 Å². The van der Waals surface area contributed by atoms with E-state index >= 15 is 0 Å². The SMILES string of the molecule is CCCCN(C)CC(C)C(=O)O. The lowest BCUT2D eigenvalue weighted by Crippen LogP contribution is -2.29. The molecule has 72 valence electrons. The monoisotopic (exact) mass is 173 g/mol. The fourth-order valence-corrected chi connectivity index (χ4v) is 1.06. The maximum atomic E-state index is 10.5. The number of rotatable bonds is 6. The van der Waals surface area contributed by atoms with Gasteiger partial charge < -0.3 is 10.0 Å². The number of carboxylic acids is 1. The van der Waals surface area contributed by atoms with Crippen LogP contribution in [0.3, 0.4) is 0 Å². The van der Waals surface area contributed by atoms with Gasteiger partial charge in [-0.3, -0.25) is 4.79 Å². The first-order valence-electron chi connectivity index (χ1n) is 4.49. The Bertz CT molecular complexity index is 136. The predicted octanol–water partition coefficient (Wildman–Crippen LogP) is 1.44. The Labute approximate surface area is 74.4 Å². The summed E-state index contributed by atoms with van der Waals surface area (Å²) in [4.78, 5) is 12.6. The predicted molar refractivity (Wildman–Crippen MR) is 49.2 cm³/mol. The molecule has 0 bridgehead atoms. The summed E-state index contributed by atoms with van der Waals surface area (Å²) in [5, 5.41) is 8.63. The van der Waals surface area contributed by atoms with Crippen molar-refractivity contribution in [3.05, 3.63) is 0 Å². The smallest absolute Gasteiger partial charge is 0.307 e. The number of nitrogens with zero attached hydrogens (tertiary/aromatic N) is 1. The molecule has 0 aliphatic heterocycles. The van der Waals surface area contributed by atoms with Gasteiger partial charge in [-0.05, 0) is 20.0 Å². The molecule has 0 heterocycles. The van der Waals surface area contributed by atoms with Gasteiger partial charge in [0, 0.05) is 6.54 Å². The van der Waals surface area contributed by atoms with Gasteiger partial charge in [0.15, 0.2) is 0 Å². The molecule has 1 atom stereocenters. The maximum Gasteiger partial charge on any atom is 0.307 e. The molecule has 0 aromatic carbocycles. The maximum absolute atomic E-state index is 10.5. The van der Waals surface area contributed by atoms with Crippen LogP contribution in [0.2, 0.25) is 0 Å². The van der Waals surface area contributed by atoms with Crippen molar-refractivity contribution in [3.63, 3.8) is 0 Å². The summed E-state index contributed by atoms with van der Waals surface area (Å²) in [7, 11) is 1.97. The van der Waals surface area contributed by atoms with E-state index in [9.17, 15) is 4.79 Å². The Kier molecular flexibility index (Phi) is 5.72. The number of carboxylic acid groups (broad SMARTS) is 1. The van der Waals surface area contributed by atoms with Gasteiger partial charge in [-0.1, -0.05) is 20.3 Å². The van der Waals surface area contributed by atoms with Crippen LogP contribution in [0, 0.1) is 5.92 Å². The van der Waals surface area contributed by atoms with Crippen molar-refractivity contribution in [3.8, 4) is 0 Å². The van der Waals surface area contributed by atoms with Crippen LogP contribution in [0.1, 0.15) is 26.7 Å². The Morgan fingerprint density at radius 1 is 1.58 bits per heavy atom. The molecule has 3 nitrogen and oxygen atoms in total. The highest BCUT2D eigenvalue weighted by Crippen LogP contribution is 1.99. The number of aliphatic carboxylic acids is 1. The minimum absolute atomic E-state index is 0.258. The van der Waals surface area contributed by atoms with Gasteiger partial charge in [0.2, 0.25) is 0 Å². The summed E-state index contributed by atoms with van der Waals surface area (Å²) in [6.45, 7) is 5.52. The normalized spacial score (nSPS) is 13.3. The third-order valence-corrected chi connectivity index (χ3v) is 1.90. The second-order valence-electron chi connectivity index (χ2n) is 3.36. The largest absolute Gasteiger partial charge is 0.481 e. The van der Waals surface area contributed by atoms with Crippen LogP contribution in [0.4, 0.5) is 0 Å². The van der Waals surface area contributed by atoms with Crippen LogP contribution in [0.25, 0.3) is 0 Å². The quantitative estimate of drug-likeness (QED) is 0.660. The minimum Gasteiger partial charge on any atom is -0.481 e. The highest BCUT2D eigenvalue weighted by Gasteiger charge is 2.12.